The van der Waals surface area contributed by atoms with E-state index in [4.69, 9.17) is 4.74 Å². The standard InChI is InChI=1S/C28H28N4OS/c1-3-20(2)21-12-14-23(15-13-21)33-17-16-32-19-22(24-8-4-6-10-26(24)32)18-29-31-28-30-25-9-5-7-11-27(25)34-28/h4-15,18-20H,3,16-17H2,1-2H3,(H,30,31)/b29-18+. The highest BCUT2D eigenvalue weighted by Crippen LogP contribution is 2.26. The van der Waals surface area contributed by atoms with Gasteiger partial charge in [0.2, 0.25) is 5.13 Å². The molecule has 1 unspecified atom stereocenters. The predicted molar refractivity (Wildman–Crippen MR) is 143 cm³/mol. The molecule has 0 radical (unpaired) electrons. The van der Waals surface area contributed by atoms with E-state index in [1.807, 2.05) is 24.4 Å². The van der Waals surface area contributed by atoms with Crippen molar-refractivity contribution in [1.29, 1.82) is 0 Å². The molecule has 0 aliphatic heterocycles. The van der Waals surface area contributed by atoms with Crippen LogP contribution < -0.4 is 10.2 Å². The molecule has 6 heteroatoms. The molecule has 1 atom stereocenters. The fourth-order valence-corrected chi connectivity index (χ4v) is 4.85. The van der Waals surface area contributed by atoms with Gasteiger partial charge in [-0.3, -0.25) is 5.43 Å². The summed E-state index contributed by atoms with van der Waals surface area (Å²) in [7, 11) is 0. The lowest BCUT2D eigenvalue weighted by Crippen LogP contribution is -2.07. The van der Waals surface area contributed by atoms with Crippen LogP contribution >= 0.6 is 11.3 Å². The van der Waals surface area contributed by atoms with Gasteiger partial charge in [0.1, 0.15) is 12.4 Å². The Kier molecular flexibility index (Phi) is 6.58. The average Bonchev–Trinajstić information content (AvgIpc) is 3.45. The van der Waals surface area contributed by atoms with E-state index in [-0.39, 0.29) is 0 Å². The molecule has 2 aromatic heterocycles. The lowest BCUT2D eigenvalue weighted by molar-refractivity contribution is 0.300. The van der Waals surface area contributed by atoms with Gasteiger partial charge in [-0.15, -0.1) is 0 Å². The van der Waals surface area contributed by atoms with E-state index in [1.54, 1.807) is 11.3 Å². The van der Waals surface area contributed by atoms with Crippen molar-refractivity contribution in [3.05, 3.63) is 90.1 Å². The zero-order valence-electron chi connectivity index (χ0n) is 19.4. The maximum atomic E-state index is 6.03. The summed E-state index contributed by atoms with van der Waals surface area (Å²) < 4.78 is 9.40. The van der Waals surface area contributed by atoms with Crippen molar-refractivity contribution in [2.24, 2.45) is 5.10 Å². The lowest BCUT2D eigenvalue weighted by Gasteiger charge is -2.11. The number of rotatable bonds is 9. The number of para-hydroxylation sites is 2. The first-order valence-corrected chi connectivity index (χ1v) is 12.5. The molecule has 0 fully saturated rings. The maximum absolute atomic E-state index is 6.03. The van der Waals surface area contributed by atoms with Crippen molar-refractivity contribution in [2.45, 2.75) is 32.7 Å². The molecule has 0 saturated heterocycles. The highest BCUT2D eigenvalue weighted by atomic mass is 32.1. The van der Waals surface area contributed by atoms with Crippen LogP contribution in [0.5, 0.6) is 5.75 Å². The van der Waals surface area contributed by atoms with Gasteiger partial charge in [-0.2, -0.15) is 5.10 Å². The second-order valence-electron chi connectivity index (χ2n) is 8.38. The van der Waals surface area contributed by atoms with Gasteiger partial charge < -0.3 is 9.30 Å². The van der Waals surface area contributed by atoms with E-state index in [1.165, 1.54) is 11.1 Å². The second-order valence-corrected chi connectivity index (χ2v) is 9.41. The van der Waals surface area contributed by atoms with Crippen LogP contribution in [0.4, 0.5) is 5.13 Å². The third-order valence-corrected chi connectivity index (χ3v) is 7.08. The topological polar surface area (TPSA) is 51.4 Å². The Labute approximate surface area is 203 Å². The highest BCUT2D eigenvalue weighted by molar-refractivity contribution is 7.22. The zero-order valence-corrected chi connectivity index (χ0v) is 20.3. The molecule has 0 aliphatic carbocycles. The molecule has 2 heterocycles. The number of benzene rings is 3. The minimum absolute atomic E-state index is 0.574. The molecule has 0 spiro atoms. The smallest absolute Gasteiger partial charge is 0.204 e. The largest absolute Gasteiger partial charge is 0.492 e. The number of hydrogen-bond donors (Lipinski definition) is 1. The molecular weight excluding hydrogens is 440 g/mol. The Hall–Kier alpha value is -3.64. The van der Waals surface area contributed by atoms with Crippen LogP contribution in [0.25, 0.3) is 21.1 Å². The van der Waals surface area contributed by atoms with E-state index in [0.717, 1.165) is 45.0 Å². The molecule has 5 nitrogen and oxygen atoms in total. The first kappa shape index (κ1) is 22.2. The van der Waals surface area contributed by atoms with Gasteiger partial charge in [0.25, 0.3) is 0 Å². The van der Waals surface area contributed by atoms with Crippen LogP contribution in [0.2, 0.25) is 0 Å². The molecule has 5 aromatic rings. The van der Waals surface area contributed by atoms with Crippen LogP contribution in [-0.4, -0.2) is 22.4 Å². The number of thiazole rings is 1. The van der Waals surface area contributed by atoms with Gasteiger partial charge in [0.05, 0.1) is 23.0 Å². The van der Waals surface area contributed by atoms with Crippen molar-refractivity contribution in [3.63, 3.8) is 0 Å². The number of hydrazone groups is 1. The average molecular weight is 469 g/mol. The van der Waals surface area contributed by atoms with Gasteiger partial charge in [-0.25, -0.2) is 4.98 Å². The van der Waals surface area contributed by atoms with E-state index < -0.39 is 0 Å². The number of hydrogen-bond acceptors (Lipinski definition) is 5. The molecule has 0 amide bonds. The van der Waals surface area contributed by atoms with Crippen molar-refractivity contribution in [1.82, 2.24) is 9.55 Å². The zero-order chi connectivity index (χ0) is 23.3. The third-order valence-electron chi connectivity index (χ3n) is 6.14. The number of aromatic nitrogens is 2. The fraction of sp³-hybridized carbons (Fsp3) is 0.214. The normalized spacial score (nSPS) is 12.5. The molecule has 1 N–H and O–H groups in total. The van der Waals surface area contributed by atoms with Gasteiger partial charge in [0, 0.05) is 22.7 Å². The summed E-state index contributed by atoms with van der Waals surface area (Å²) in [5.41, 5.74) is 7.64. The first-order chi connectivity index (χ1) is 16.7. The number of fused-ring (bicyclic) bond motifs is 2. The summed E-state index contributed by atoms with van der Waals surface area (Å²) in [6.07, 6.45) is 5.13. The summed E-state index contributed by atoms with van der Waals surface area (Å²) in [6, 6.07) is 24.9. The SMILES string of the molecule is CCC(C)c1ccc(OCCn2cc(/C=N/Nc3nc4ccccc4s3)c3ccccc32)cc1. The quantitative estimate of drug-likeness (QED) is 0.182. The Bertz CT molecular complexity index is 1380. The van der Waals surface area contributed by atoms with Gasteiger partial charge in [-0.1, -0.05) is 67.6 Å². The molecule has 0 saturated carbocycles. The number of nitrogens with zero attached hydrogens (tertiary/aromatic N) is 3. The van der Waals surface area contributed by atoms with E-state index in [0.29, 0.717) is 12.5 Å². The lowest BCUT2D eigenvalue weighted by atomic mass is 9.99. The molecule has 0 aliphatic rings. The number of anilines is 1. The van der Waals surface area contributed by atoms with Crippen LogP contribution in [0.1, 0.15) is 37.3 Å². The van der Waals surface area contributed by atoms with Gasteiger partial charge in [0.15, 0.2) is 0 Å². The van der Waals surface area contributed by atoms with E-state index in [9.17, 15) is 0 Å². The van der Waals surface area contributed by atoms with E-state index in [2.05, 4.69) is 94.7 Å². The molecule has 34 heavy (non-hydrogen) atoms. The molecule has 3 aromatic carbocycles. The van der Waals surface area contributed by atoms with Gasteiger partial charge in [-0.05, 0) is 48.2 Å². The molecular formula is C28H28N4OS. The summed E-state index contributed by atoms with van der Waals surface area (Å²) in [4.78, 5) is 4.57. The van der Waals surface area contributed by atoms with Crippen LogP contribution in [0.15, 0.2) is 84.1 Å². The highest BCUT2D eigenvalue weighted by Gasteiger charge is 2.08. The van der Waals surface area contributed by atoms with E-state index >= 15 is 0 Å². The number of nitrogens with one attached hydrogen (secondary N) is 1. The molecule has 0 bridgehead atoms. The summed E-state index contributed by atoms with van der Waals surface area (Å²) >= 11 is 1.60. The number of ether oxygens (including phenoxy) is 1. The molecule has 5 rings (SSSR count). The first-order valence-electron chi connectivity index (χ1n) is 11.7. The fourth-order valence-electron chi connectivity index (χ4n) is 4.03. The summed E-state index contributed by atoms with van der Waals surface area (Å²) in [5, 5.41) is 6.40. The minimum Gasteiger partial charge on any atom is -0.492 e. The Morgan fingerprint density at radius 3 is 2.68 bits per heavy atom. The van der Waals surface area contributed by atoms with Crippen LogP contribution in [-0.2, 0) is 6.54 Å². The van der Waals surface area contributed by atoms with Crippen LogP contribution in [0, 0.1) is 0 Å². The Morgan fingerprint density at radius 1 is 1.06 bits per heavy atom. The Balaban J connectivity index is 1.26. The van der Waals surface area contributed by atoms with Crippen molar-refractivity contribution >= 4 is 43.8 Å². The van der Waals surface area contributed by atoms with Crippen LogP contribution in [0.3, 0.4) is 0 Å². The molecule has 172 valence electrons. The Morgan fingerprint density at radius 2 is 1.85 bits per heavy atom. The minimum atomic E-state index is 0.574. The summed E-state index contributed by atoms with van der Waals surface area (Å²) in [6.45, 7) is 5.82. The van der Waals surface area contributed by atoms with Crippen molar-refractivity contribution in [2.75, 3.05) is 12.0 Å². The monoisotopic (exact) mass is 468 g/mol. The van der Waals surface area contributed by atoms with Crippen molar-refractivity contribution < 1.29 is 4.74 Å². The summed E-state index contributed by atoms with van der Waals surface area (Å²) in [5.74, 6) is 1.48. The van der Waals surface area contributed by atoms with Gasteiger partial charge >= 0.3 is 0 Å². The van der Waals surface area contributed by atoms with Crippen molar-refractivity contribution in [3.8, 4) is 5.75 Å². The third kappa shape index (κ3) is 4.82. The predicted octanol–water partition coefficient (Wildman–Crippen LogP) is 7.29. The maximum Gasteiger partial charge on any atom is 0.204 e. The second kappa shape index (κ2) is 10.1.